The lowest BCUT2D eigenvalue weighted by Gasteiger charge is -2.31. The third-order valence-corrected chi connectivity index (χ3v) is 6.53. The average Bonchev–Trinajstić information content (AvgIpc) is 3.49. The summed E-state index contributed by atoms with van der Waals surface area (Å²) in [5.74, 6) is 0.0646. The number of amides is 1. The third kappa shape index (κ3) is 4.34. The molecule has 1 amide bonds. The minimum Gasteiger partial charge on any atom is -0.507 e. The van der Waals surface area contributed by atoms with Gasteiger partial charge < -0.3 is 24.2 Å². The highest BCUT2D eigenvalue weighted by molar-refractivity contribution is 6.46. The zero-order valence-corrected chi connectivity index (χ0v) is 19.9. The largest absolute Gasteiger partial charge is 0.507 e. The number of hydrogen-bond acceptors (Lipinski definition) is 6. The fourth-order valence-corrected chi connectivity index (χ4v) is 4.85. The van der Waals surface area contributed by atoms with Crippen LogP contribution in [-0.2, 0) is 9.59 Å². The number of likely N-dealkylation sites (tertiary alicyclic amines) is 1. The molecular formula is C27H31NO6. The number of aliphatic hydroxyl groups excluding tert-OH is 1. The Labute approximate surface area is 199 Å². The molecule has 1 aliphatic heterocycles. The number of ether oxygens (including phenoxy) is 3. The minimum absolute atomic E-state index is 0.0463. The lowest BCUT2D eigenvalue weighted by atomic mass is 9.94. The van der Waals surface area contributed by atoms with Crippen molar-refractivity contribution in [1.29, 1.82) is 0 Å². The zero-order valence-electron chi connectivity index (χ0n) is 19.9. The zero-order chi connectivity index (χ0) is 24.2. The molecule has 1 N–H and O–H groups in total. The van der Waals surface area contributed by atoms with E-state index in [2.05, 4.69) is 0 Å². The van der Waals surface area contributed by atoms with E-state index >= 15 is 0 Å². The third-order valence-electron chi connectivity index (χ3n) is 6.53. The second-order valence-electron chi connectivity index (χ2n) is 8.63. The molecule has 0 bridgehead atoms. The van der Waals surface area contributed by atoms with Crippen LogP contribution in [0, 0.1) is 0 Å². The molecular weight excluding hydrogens is 434 g/mol. The van der Waals surface area contributed by atoms with Crippen LogP contribution in [0.2, 0.25) is 0 Å². The van der Waals surface area contributed by atoms with E-state index in [0.29, 0.717) is 23.7 Å². The Balaban J connectivity index is 1.85. The summed E-state index contributed by atoms with van der Waals surface area (Å²) in [6, 6.07) is 11.6. The van der Waals surface area contributed by atoms with Gasteiger partial charge in [-0.05, 0) is 55.2 Å². The molecule has 1 atom stereocenters. The Kier molecular flexibility index (Phi) is 7.10. The maximum absolute atomic E-state index is 13.3. The molecule has 1 saturated heterocycles. The first-order valence-corrected chi connectivity index (χ1v) is 11.7. The lowest BCUT2D eigenvalue weighted by Crippen LogP contribution is -2.37. The summed E-state index contributed by atoms with van der Waals surface area (Å²) in [7, 11) is 3.01. The summed E-state index contributed by atoms with van der Waals surface area (Å²) in [6.45, 7) is 2.64. The van der Waals surface area contributed by atoms with Crippen molar-refractivity contribution in [3.63, 3.8) is 0 Å². The summed E-state index contributed by atoms with van der Waals surface area (Å²) >= 11 is 0. The smallest absolute Gasteiger partial charge is 0.295 e. The molecule has 180 valence electrons. The molecule has 0 aromatic heterocycles. The molecule has 1 heterocycles. The number of nitrogens with zero attached hydrogens (tertiary/aromatic N) is 1. The van der Waals surface area contributed by atoms with Crippen LogP contribution >= 0.6 is 0 Å². The molecule has 1 saturated carbocycles. The molecule has 1 aliphatic carbocycles. The molecule has 2 aromatic carbocycles. The molecule has 2 aliphatic rings. The van der Waals surface area contributed by atoms with Gasteiger partial charge in [-0.25, -0.2) is 0 Å². The number of aliphatic hydroxyl groups is 1. The molecule has 7 heteroatoms. The summed E-state index contributed by atoms with van der Waals surface area (Å²) in [6.07, 6.45) is 4.58. The number of methoxy groups -OCH3 is 2. The number of hydrogen-bond donors (Lipinski definition) is 1. The van der Waals surface area contributed by atoms with Gasteiger partial charge in [0.2, 0.25) is 0 Å². The SMILES string of the molecule is CCCOc1ccc(C2/C(=C(\O)c3cc(OC)ccc3OC)C(=O)C(=O)N2C2CCCC2)cc1. The van der Waals surface area contributed by atoms with Crippen LogP contribution in [0.3, 0.4) is 0 Å². The topological polar surface area (TPSA) is 85.3 Å². The van der Waals surface area contributed by atoms with Crippen molar-refractivity contribution in [1.82, 2.24) is 4.90 Å². The van der Waals surface area contributed by atoms with E-state index in [0.717, 1.165) is 43.4 Å². The van der Waals surface area contributed by atoms with Crippen LogP contribution < -0.4 is 14.2 Å². The lowest BCUT2D eigenvalue weighted by molar-refractivity contribution is -0.141. The van der Waals surface area contributed by atoms with Crippen LogP contribution in [0.25, 0.3) is 5.76 Å². The quantitative estimate of drug-likeness (QED) is 0.341. The number of rotatable bonds is 8. The number of Topliss-reactive ketones (excluding diaryl/α,β-unsaturated/α-hetero) is 1. The van der Waals surface area contributed by atoms with E-state index in [-0.39, 0.29) is 17.4 Å². The van der Waals surface area contributed by atoms with E-state index in [9.17, 15) is 14.7 Å². The summed E-state index contributed by atoms with van der Waals surface area (Å²) < 4.78 is 16.4. The van der Waals surface area contributed by atoms with Gasteiger partial charge in [-0.3, -0.25) is 9.59 Å². The Hall–Kier alpha value is -3.48. The monoisotopic (exact) mass is 465 g/mol. The number of ketones is 1. The van der Waals surface area contributed by atoms with E-state index in [1.54, 1.807) is 23.1 Å². The molecule has 1 unspecified atom stereocenters. The fourth-order valence-electron chi connectivity index (χ4n) is 4.85. The Morgan fingerprint density at radius 1 is 1.00 bits per heavy atom. The predicted molar refractivity (Wildman–Crippen MR) is 128 cm³/mol. The normalized spacial score (nSPS) is 20.1. The highest BCUT2D eigenvalue weighted by Crippen LogP contribution is 2.45. The van der Waals surface area contributed by atoms with Crippen LogP contribution in [0.4, 0.5) is 0 Å². The minimum atomic E-state index is -0.695. The highest BCUT2D eigenvalue weighted by atomic mass is 16.5. The Morgan fingerprint density at radius 3 is 2.29 bits per heavy atom. The van der Waals surface area contributed by atoms with Gasteiger partial charge in [-0.15, -0.1) is 0 Å². The van der Waals surface area contributed by atoms with Gasteiger partial charge >= 0.3 is 0 Å². The predicted octanol–water partition coefficient (Wildman–Crippen LogP) is 4.86. The average molecular weight is 466 g/mol. The standard InChI is InChI=1S/C27H31NO6/c1-4-15-34-19-11-9-17(10-12-19)24-23(26(30)27(31)28(24)18-7-5-6-8-18)25(29)21-16-20(32-2)13-14-22(21)33-3/h9-14,16,18,24,29H,4-8,15H2,1-3H3/b25-23+. The van der Waals surface area contributed by atoms with Gasteiger partial charge in [0.05, 0.1) is 38.0 Å². The number of carbonyl (C=O) groups excluding carboxylic acids is 2. The van der Waals surface area contributed by atoms with Crippen LogP contribution in [0.5, 0.6) is 17.2 Å². The first-order chi connectivity index (χ1) is 16.5. The maximum Gasteiger partial charge on any atom is 0.295 e. The van der Waals surface area contributed by atoms with Crippen molar-refractivity contribution in [3.8, 4) is 17.2 Å². The van der Waals surface area contributed by atoms with Crippen molar-refractivity contribution in [2.75, 3.05) is 20.8 Å². The Morgan fingerprint density at radius 2 is 1.68 bits per heavy atom. The van der Waals surface area contributed by atoms with Gasteiger partial charge in [-0.1, -0.05) is 31.9 Å². The van der Waals surface area contributed by atoms with Gasteiger partial charge in [0.25, 0.3) is 11.7 Å². The van der Waals surface area contributed by atoms with Crippen LogP contribution in [0.15, 0.2) is 48.0 Å². The molecule has 7 nitrogen and oxygen atoms in total. The van der Waals surface area contributed by atoms with Gasteiger partial charge in [0, 0.05) is 6.04 Å². The van der Waals surface area contributed by atoms with Crippen molar-refractivity contribution < 1.29 is 28.9 Å². The summed E-state index contributed by atoms with van der Waals surface area (Å²) in [5, 5.41) is 11.4. The van der Waals surface area contributed by atoms with Gasteiger partial charge in [0.15, 0.2) is 0 Å². The van der Waals surface area contributed by atoms with Gasteiger partial charge in [0.1, 0.15) is 23.0 Å². The molecule has 0 spiro atoms. The van der Waals surface area contributed by atoms with Gasteiger partial charge in [-0.2, -0.15) is 0 Å². The molecule has 34 heavy (non-hydrogen) atoms. The van der Waals surface area contributed by atoms with Crippen LogP contribution in [0.1, 0.15) is 56.2 Å². The van der Waals surface area contributed by atoms with Crippen molar-refractivity contribution in [3.05, 3.63) is 59.2 Å². The number of benzene rings is 2. The van der Waals surface area contributed by atoms with Crippen molar-refractivity contribution in [2.24, 2.45) is 0 Å². The van der Waals surface area contributed by atoms with Crippen molar-refractivity contribution in [2.45, 2.75) is 51.1 Å². The summed E-state index contributed by atoms with van der Waals surface area (Å²) in [5.41, 5.74) is 1.11. The second kappa shape index (κ2) is 10.2. The summed E-state index contributed by atoms with van der Waals surface area (Å²) in [4.78, 5) is 28.2. The molecule has 2 fully saturated rings. The van der Waals surface area contributed by atoms with Crippen LogP contribution in [-0.4, -0.2) is 48.6 Å². The van der Waals surface area contributed by atoms with E-state index in [4.69, 9.17) is 14.2 Å². The first kappa shape index (κ1) is 23.7. The highest BCUT2D eigenvalue weighted by Gasteiger charge is 2.49. The number of carbonyl (C=O) groups is 2. The van der Waals surface area contributed by atoms with Crippen molar-refractivity contribution >= 4 is 17.4 Å². The second-order valence-corrected chi connectivity index (χ2v) is 8.63. The van der Waals surface area contributed by atoms with E-state index in [1.165, 1.54) is 14.2 Å². The molecule has 4 rings (SSSR count). The first-order valence-electron chi connectivity index (χ1n) is 11.7. The maximum atomic E-state index is 13.3. The molecule has 2 aromatic rings. The van der Waals surface area contributed by atoms with E-state index < -0.39 is 17.7 Å². The Bertz CT molecular complexity index is 1080. The fraction of sp³-hybridized carbons (Fsp3) is 0.407. The van der Waals surface area contributed by atoms with E-state index in [1.807, 2.05) is 31.2 Å². The molecule has 0 radical (unpaired) electrons.